The van der Waals surface area contributed by atoms with E-state index < -0.39 is 5.97 Å². The maximum absolute atomic E-state index is 10.5. The molecular weight excluding hydrogens is 256 g/mol. The van der Waals surface area contributed by atoms with E-state index in [0.29, 0.717) is 5.82 Å². The molecule has 0 amide bonds. The van der Waals surface area contributed by atoms with Gasteiger partial charge in [-0.05, 0) is 25.1 Å². The molecule has 0 aliphatic heterocycles. The zero-order valence-electron chi connectivity index (χ0n) is 10.7. The zero-order valence-corrected chi connectivity index (χ0v) is 10.7. The normalized spacial score (nSPS) is 11.4. The first-order valence-electron chi connectivity index (χ1n) is 6.04. The van der Waals surface area contributed by atoms with Crippen LogP contribution in [0.4, 0.5) is 0 Å². The predicted octanol–water partition coefficient (Wildman–Crippen LogP) is 2.36. The molecule has 3 N–H and O–H groups in total. The van der Waals surface area contributed by atoms with Gasteiger partial charge in [0.1, 0.15) is 11.6 Å². The van der Waals surface area contributed by atoms with Crippen LogP contribution in [0.2, 0.25) is 0 Å². The van der Waals surface area contributed by atoms with Crippen LogP contribution in [0.3, 0.4) is 0 Å². The van der Waals surface area contributed by atoms with Crippen molar-refractivity contribution >= 4 is 23.1 Å². The number of aliphatic carboxylic acids is 1. The summed E-state index contributed by atoms with van der Waals surface area (Å²) in [5.74, 6) is 0.368. The first-order chi connectivity index (χ1) is 9.61. The summed E-state index contributed by atoms with van der Waals surface area (Å²) < 4.78 is 0. The minimum Gasteiger partial charge on any atom is -0.478 e. The van der Waals surface area contributed by atoms with Crippen molar-refractivity contribution in [2.75, 3.05) is 0 Å². The summed E-state index contributed by atoms with van der Waals surface area (Å²) in [5, 5.41) is 8.58. The lowest BCUT2D eigenvalue weighted by atomic mass is 10.1. The number of aromatic amines is 2. The van der Waals surface area contributed by atoms with Gasteiger partial charge >= 0.3 is 5.97 Å². The third-order valence-electron chi connectivity index (χ3n) is 2.89. The average Bonchev–Trinajstić information content (AvgIpc) is 3.00. The van der Waals surface area contributed by atoms with Crippen molar-refractivity contribution in [3.05, 3.63) is 42.1 Å². The van der Waals surface area contributed by atoms with Crippen LogP contribution >= 0.6 is 0 Å². The monoisotopic (exact) mass is 268 g/mol. The molecule has 0 fully saturated rings. The molecule has 0 atom stereocenters. The van der Waals surface area contributed by atoms with Gasteiger partial charge in [-0.15, -0.1) is 0 Å². The van der Waals surface area contributed by atoms with Gasteiger partial charge in [-0.2, -0.15) is 0 Å². The first kappa shape index (κ1) is 12.2. The molecule has 0 bridgehead atoms. The molecule has 0 saturated carbocycles. The van der Waals surface area contributed by atoms with E-state index in [-0.39, 0.29) is 0 Å². The molecule has 0 aliphatic carbocycles. The van der Waals surface area contributed by atoms with Crippen molar-refractivity contribution in [1.82, 2.24) is 19.9 Å². The number of carboxylic acids is 1. The molecule has 100 valence electrons. The van der Waals surface area contributed by atoms with Crippen molar-refractivity contribution < 1.29 is 9.90 Å². The highest BCUT2D eigenvalue weighted by Crippen LogP contribution is 2.22. The van der Waals surface area contributed by atoms with Gasteiger partial charge in [-0.1, -0.05) is 6.07 Å². The number of carbonyl (C=O) groups is 1. The number of hydrogen-bond acceptors (Lipinski definition) is 3. The lowest BCUT2D eigenvalue weighted by Crippen LogP contribution is -1.86. The van der Waals surface area contributed by atoms with Gasteiger partial charge < -0.3 is 15.1 Å². The molecular formula is C14H12N4O2. The Morgan fingerprint density at radius 2 is 2.20 bits per heavy atom. The summed E-state index contributed by atoms with van der Waals surface area (Å²) in [6.45, 7) is 1.91. The third-order valence-corrected chi connectivity index (χ3v) is 2.89. The third kappa shape index (κ3) is 2.31. The fourth-order valence-corrected chi connectivity index (χ4v) is 2.02. The van der Waals surface area contributed by atoms with E-state index in [0.717, 1.165) is 34.2 Å². The molecule has 1 aromatic carbocycles. The fourth-order valence-electron chi connectivity index (χ4n) is 2.02. The molecule has 6 nitrogen and oxygen atoms in total. The molecule has 2 heterocycles. The van der Waals surface area contributed by atoms with Crippen molar-refractivity contribution in [2.45, 2.75) is 6.92 Å². The molecule has 3 rings (SSSR count). The van der Waals surface area contributed by atoms with Gasteiger partial charge in [-0.25, -0.2) is 14.8 Å². The SMILES string of the molecule is Cc1nc2ccc(-c3cnc(/C=C/C(=O)O)[nH]3)cc2[nH]1. The van der Waals surface area contributed by atoms with Gasteiger partial charge in [0, 0.05) is 11.6 Å². The number of fused-ring (bicyclic) bond motifs is 1. The topological polar surface area (TPSA) is 94.7 Å². The van der Waals surface area contributed by atoms with Crippen molar-refractivity contribution in [3.8, 4) is 11.3 Å². The van der Waals surface area contributed by atoms with Crippen LogP contribution in [0.5, 0.6) is 0 Å². The molecule has 0 saturated heterocycles. The number of carboxylic acid groups (broad SMARTS) is 1. The van der Waals surface area contributed by atoms with E-state index in [1.807, 2.05) is 25.1 Å². The molecule has 20 heavy (non-hydrogen) atoms. The number of aryl methyl sites for hydroxylation is 1. The summed E-state index contributed by atoms with van der Waals surface area (Å²) in [7, 11) is 0. The van der Waals surface area contributed by atoms with E-state index in [9.17, 15) is 4.79 Å². The number of imidazole rings is 2. The van der Waals surface area contributed by atoms with Gasteiger partial charge in [0.2, 0.25) is 0 Å². The van der Waals surface area contributed by atoms with Crippen molar-refractivity contribution in [2.24, 2.45) is 0 Å². The van der Waals surface area contributed by atoms with Gasteiger partial charge in [-0.3, -0.25) is 0 Å². The second kappa shape index (κ2) is 4.65. The Kier molecular flexibility index (Phi) is 2.83. The highest BCUT2D eigenvalue weighted by Gasteiger charge is 2.05. The summed E-state index contributed by atoms with van der Waals surface area (Å²) in [4.78, 5) is 25.2. The molecule has 0 spiro atoms. The number of aromatic nitrogens is 4. The second-order valence-electron chi connectivity index (χ2n) is 4.41. The minimum atomic E-state index is -1.00. The van der Waals surface area contributed by atoms with E-state index in [4.69, 9.17) is 5.11 Å². The van der Waals surface area contributed by atoms with Gasteiger partial charge in [0.25, 0.3) is 0 Å². The maximum atomic E-state index is 10.5. The molecule has 2 aromatic heterocycles. The Hall–Kier alpha value is -2.89. The van der Waals surface area contributed by atoms with Crippen molar-refractivity contribution in [3.63, 3.8) is 0 Å². The van der Waals surface area contributed by atoms with Crippen molar-refractivity contribution in [1.29, 1.82) is 0 Å². The Balaban J connectivity index is 1.96. The Labute approximate surface area is 114 Å². The minimum absolute atomic E-state index is 0.503. The first-order valence-corrected chi connectivity index (χ1v) is 6.04. The van der Waals surface area contributed by atoms with Gasteiger partial charge in [0.05, 0.1) is 22.9 Å². The average molecular weight is 268 g/mol. The Morgan fingerprint density at radius 1 is 1.35 bits per heavy atom. The maximum Gasteiger partial charge on any atom is 0.328 e. The Bertz CT molecular complexity index is 814. The highest BCUT2D eigenvalue weighted by molar-refractivity contribution is 5.85. The molecule has 0 radical (unpaired) electrons. The number of nitrogens with one attached hydrogen (secondary N) is 2. The molecule has 0 unspecified atom stereocenters. The molecule has 3 aromatic rings. The van der Waals surface area contributed by atoms with Crippen LogP contribution in [0, 0.1) is 6.92 Å². The zero-order chi connectivity index (χ0) is 14.1. The highest BCUT2D eigenvalue weighted by atomic mass is 16.4. The lowest BCUT2D eigenvalue weighted by Gasteiger charge is -1.96. The van der Waals surface area contributed by atoms with E-state index in [2.05, 4.69) is 19.9 Å². The van der Waals surface area contributed by atoms with Crippen LogP contribution in [-0.2, 0) is 4.79 Å². The van der Waals surface area contributed by atoms with Crippen LogP contribution in [-0.4, -0.2) is 31.0 Å². The van der Waals surface area contributed by atoms with Crippen LogP contribution in [0.1, 0.15) is 11.6 Å². The standard InChI is InChI=1S/C14H12N4O2/c1-8-16-10-3-2-9(6-11(10)17-8)12-7-15-13(18-12)4-5-14(19)20/h2-7H,1H3,(H,15,18)(H,16,17)(H,19,20)/b5-4+. The largest absolute Gasteiger partial charge is 0.478 e. The summed E-state index contributed by atoms with van der Waals surface area (Å²) in [6.07, 6.45) is 4.14. The van der Waals surface area contributed by atoms with E-state index in [1.165, 1.54) is 6.08 Å². The fraction of sp³-hybridized carbons (Fsp3) is 0.0714. The van der Waals surface area contributed by atoms with Crippen LogP contribution in [0.25, 0.3) is 28.4 Å². The summed E-state index contributed by atoms with van der Waals surface area (Å²) in [5.41, 5.74) is 3.65. The number of hydrogen-bond donors (Lipinski definition) is 3. The van der Waals surface area contributed by atoms with Gasteiger partial charge in [0.15, 0.2) is 0 Å². The van der Waals surface area contributed by atoms with Crippen LogP contribution in [0.15, 0.2) is 30.5 Å². The van der Waals surface area contributed by atoms with Crippen LogP contribution < -0.4 is 0 Å². The molecule has 0 aliphatic rings. The number of rotatable bonds is 3. The summed E-state index contributed by atoms with van der Waals surface area (Å²) >= 11 is 0. The molecule has 6 heteroatoms. The predicted molar refractivity (Wildman–Crippen MR) is 75.1 cm³/mol. The van der Waals surface area contributed by atoms with E-state index >= 15 is 0 Å². The summed E-state index contributed by atoms with van der Waals surface area (Å²) in [6, 6.07) is 5.86. The quantitative estimate of drug-likeness (QED) is 0.635. The van der Waals surface area contributed by atoms with E-state index in [1.54, 1.807) is 6.20 Å². The smallest absolute Gasteiger partial charge is 0.328 e. The number of H-pyrrole nitrogens is 2. The number of nitrogens with zero attached hydrogens (tertiary/aromatic N) is 2. The lowest BCUT2D eigenvalue weighted by molar-refractivity contribution is -0.131. The number of benzene rings is 1. The Morgan fingerprint density at radius 3 is 3.00 bits per heavy atom. The second-order valence-corrected chi connectivity index (χ2v) is 4.41.